The van der Waals surface area contributed by atoms with Gasteiger partial charge < -0.3 is 5.32 Å². The molecule has 0 radical (unpaired) electrons. The number of para-hydroxylation sites is 1. The lowest BCUT2D eigenvalue weighted by molar-refractivity contribution is -0.113. The van der Waals surface area contributed by atoms with E-state index in [1.165, 1.54) is 11.8 Å². The van der Waals surface area contributed by atoms with Crippen molar-refractivity contribution in [3.05, 3.63) is 59.1 Å². The Labute approximate surface area is 148 Å². The summed E-state index contributed by atoms with van der Waals surface area (Å²) in [5, 5.41) is 15.7. The molecule has 1 amide bonds. The molecule has 3 rings (SSSR count). The highest BCUT2D eigenvalue weighted by Gasteiger charge is 2.11. The fraction of sp³-hybridized carbons (Fsp3) is 0.125. The van der Waals surface area contributed by atoms with Crippen LogP contribution in [0, 0.1) is 6.92 Å². The number of carbonyl (C=O) groups excluding carboxylic acids is 1. The van der Waals surface area contributed by atoms with Crippen LogP contribution in [0.5, 0.6) is 0 Å². The minimum atomic E-state index is -0.135. The molecule has 24 heavy (non-hydrogen) atoms. The predicted molar refractivity (Wildman–Crippen MR) is 94.7 cm³/mol. The Morgan fingerprint density at radius 2 is 2.04 bits per heavy atom. The maximum Gasteiger partial charge on any atom is 0.234 e. The van der Waals surface area contributed by atoms with Crippen molar-refractivity contribution < 1.29 is 4.79 Å². The molecule has 0 fully saturated rings. The summed E-state index contributed by atoms with van der Waals surface area (Å²) in [4.78, 5) is 12.1. The summed E-state index contributed by atoms with van der Waals surface area (Å²) in [5.74, 6) is 0.0684. The predicted octanol–water partition coefficient (Wildman–Crippen LogP) is 3.35. The Balaban J connectivity index is 1.63. The fourth-order valence-electron chi connectivity index (χ4n) is 2.05. The Kier molecular flexibility index (Phi) is 5.12. The largest absolute Gasteiger partial charge is 0.325 e. The van der Waals surface area contributed by atoms with Crippen LogP contribution < -0.4 is 5.32 Å². The van der Waals surface area contributed by atoms with Crippen molar-refractivity contribution in [2.75, 3.05) is 11.1 Å². The van der Waals surface area contributed by atoms with Crippen LogP contribution in [-0.4, -0.2) is 31.9 Å². The number of aromatic nitrogens is 4. The monoisotopic (exact) mass is 359 g/mol. The molecule has 1 heterocycles. The summed E-state index contributed by atoms with van der Waals surface area (Å²) in [6, 6.07) is 14.9. The molecule has 1 N–H and O–H groups in total. The first kappa shape index (κ1) is 16.5. The zero-order chi connectivity index (χ0) is 16.9. The minimum absolute atomic E-state index is 0.135. The molecule has 1 aromatic heterocycles. The number of anilines is 1. The molecule has 0 saturated carbocycles. The molecule has 0 saturated heterocycles. The van der Waals surface area contributed by atoms with Crippen LogP contribution >= 0.6 is 23.4 Å². The molecule has 2 aromatic carbocycles. The number of tetrazole rings is 1. The third kappa shape index (κ3) is 3.93. The maximum atomic E-state index is 12.1. The summed E-state index contributed by atoms with van der Waals surface area (Å²) >= 11 is 7.25. The van der Waals surface area contributed by atoms with Gasteiger partial charge in [-0.05, 0) is 53.2 Å². The van der Waals surface area contributed by atoms with Gasteiger partial charge in [-0.15, -0.1) is 5.10 Å². The van der Waals surface area contributed by atoms with Crippen molar-refractivity contribution >= 4 is 35.0 Å². The molecular formula is C16H14ClN5OS. The van der Waals surface area contributed by atoms with E-state index < -0.39 is 0 Å². The van der Waals surface area contributed by atoms with E-state index in [0.717, 1.165) is 11.3 Å². The Hall–Kier alpha value is -2.38. The molecule has 0 aliphatic rings. The van der Waals surface area contributed by atoms with Crippen molar-refractivity contribution in [3.63, 3.8) is 0 Å². The minimum Gasteiger partial charge on any atom is -0.325 e. The van der Waals surface area contributed by atoms with E-state index in [9.17, 15) is 4.79 Å². The molecule has 0 bridgehead atoms. The van der Waals surface area contributed by atoms with Crippen LogP contribution in [0.3, 0.4) is 0 Å². The lowest BCUT2D eigenvalue weighted by Gasteiger charge is -2.07. The lowest BCUT2D eigenvalue weighted by Crippen LogP contribution is -2.14. The normalized spacial score (nSPS) is 10.6. The molecule has 3 aromatic rings. The van der Waals surface area contributed by atoms with E-state index in [0.29, 0.717) is 15.9 Å². The van der Waals surface area contributed by atoms with Gasteiger partial charge in [0, 0.05) is 10.7 Å². The second-order valence-corrected chi connectivity index (χ2v) is 6.36. The standard InChI is InChI=1S/C16H14ClN5OS/c1-11-9-12(7-8-14(11)17)18-15(23)10-24-16-19-20-21-22(16)13-5-3-2-4-6-13/h2-9H,10H2,1H3,(H,18,23). The van der Waals surface area contributed by atoms with Crippen molar-refractivity contribution in [3.8, 4) is 5.69 Å². The number of benzene rings is 2. The average Bonchev–Trinajstić information content (AvgIpc) is 3.06. The molecular weight excluding hydrogens is 346 g/mol. The van der Waals surface area contributed by atoms with Gasteiger partial charge in [-0.3, -0.25) is 4.79 Å². The number of nitrogens with one attached hydrogen (secondary N) is 1. The van der Waals surface area contributed by atoms with Gasteiger partial charge in [-0.2, -0.15) is 4.68 Å². The number of aryl methyl sites for hydroxylation is 1. The number of hydrogen-bond acceptors (Lipinski definition) is 5. The number of thioether (sulfide) groups is 1. The van der Waals surface area contributed by atoms with E-state index in [1.807, 2.05) is 43.3 Å². The van der Waals surface area contributed by atoms with Gasteiger partial charge in [-0.25, -0.2) is 0 Å². The molecule has 8 heteroatoms. The summed E-state index contributed by atoms with van der Waals surface area (Å²) in [6.45, 7) is 1.89. The van der Waals surface area contributed by atoms with Crippen molar-refractivity contribution in [2.24, 2.45) is 0 Å². The third-order valence-corrected chi connectivity index (χ3v) is 4.56. The van der Waals surface area contributed by atoms with Crippen LogP contribution in [0.15, 0.2) is 53.7 Å². The fourth-order valence-corrected chi connectivity index (χ4v) is 2.86. The highest BCUT2D eigenvalue weighted by Crippen LogP contribution is 2.21. The lowest BCUT2D eigenvalue weighted by atomic mass is 10.2. The van der Waals surface area contributed by atoms with Crippen LogP contribution in [0.25, 0.3) is 5.69 Å². The Bertz CT molecular complexity index is 853. The van der Waals surface area contributed by atoms with Gasteiger partial charge >= 0.3 is 0 Å². The van der Waals surface area contributed by atoms with Crippen LogP contribution in [0.4, 0.5) is 5.69 Å². The van der Waals surface area contributed by atoms with E-state index in [4.69, 9.17) is 11.6 Å². The number of carbonyl (C=O) groups is 1. The van der Waals surface area contributed by atoms with Crippen LogP contribution in [0.1, 0.15) is 5.56 Å². The summed E-state index contributed by atoms with van der Waals surface area (Å²) in [7, 11) is 0. The van der Waals surface area contributed by atoms with E-state index in [-0.39, 0.29) is 11.7 Å². The van der Waals surface area contributed by atoms with E-state index in [2.05, 4.69) is 20.8 Å². The average molecular weight is 360 g/mol. The van der Waals surface area contributed by atoms with Crippen LogP contribution in [-0.2, 0) is 4.79 Å². The van der Waals surface area contributed by atoms with Crippen molar-refractivity contribution in [2.45, 2.75) is 12.1 Å². The number of halogens is 1. The van der Waals surface area contributed by atoms with Gasteiger partial charge in [0.15, 0.2) is 0 Å². The summed E-state index contributed by atoms with van der Waals surface area (Å²) in [6.07, 6.45) is 0. The third-order valence-electron chi connectivity index (χ3n) is 3.22. The molecule has 6 nitrogen and oxygen atoms in total. The van der Waals surface area contributed by atoms with Gasteiger partial charge in [0.1, 0.15) is 0 Å². The van der Waals surface area contributed by atoms with Gasteiger partial charge in [-0.1, -0.05) is 41.6 Å². The molecule has 0 atom stereocenters. The number of nitrogens with zero attached hydrogens (tertiary/aromatic N) is 4. The van der Waals surface area contributed by atoms with Crippen molar-refractivity contribution in [1.82, 2.24) is 20.2 Å². The quantitative estimate of drug-likeness (QED) is 0.707. The first-order valence-corrected chi connectivity index (χ1v) is 8.52. The second-order valence-electron chi connectivity index (χ2n) is 5.01. The van der Waals surface area contributed by atoms with Crippen LogP contribution in [0.2, 0.25) is 5.02 Å². The molecule has 0 aliphatic heterocycles. The Morgan fingerprint density at radius 3 is 2.79 bits per heavy atom. The maximum absolute atomic E-state index is 12.1. The highest BCUT2D eigenvalue weighted by atomic mass is 35.5. The Morgan fingerprint density at radius 1 is 1.25 bits per heavy atom. The molecule has 0 aliphatic carbocycles. The highest BCUT2D eigenvalue weighted by molar-refractivity contribution is 7.99. The SMILES string of the molecule is Cc1cc(NC(=O)CSc2nnnn2-c2ccccc2)ccc1Cl. The molecule has 0 spiro atoms. The topological polar surface area (TPSA) is 72.7 Å². The molecule has 122 valence electrons. The van der Waals surface area contributed by atoms with Crippen molar-refractivity contribution in [1.29, 1.82) is 0 Å². The number of rotatable bonds is 5. The second kappa shape index (κ2) is 7.46. The zero-order valence-corrected chi connectivity index (χ0v) is 14.4. The van der Waals surface area contributed by atoms with Gasteiger partial charge in [0.05, 0.1) is 11.4 Å². The summed E-state index contributed by atoms with van der Waals surface area (Å²) in [5.41, 5.74) is 2.47. The van der Waals surface area contributed by atoms with E-state index in [1.54, 1.807) is 16.8 Å². The van der Waals surface area contributed by atoms with Gasteiger partial charge in [0.25, 0.3) is 0 Å². The smallest absolute Gasteiger partial charge is 0.234 e. The first-order chi connectivity index (χ1) is 11.6. The number of hydrogen-bond donors (Lipinski definition) is 1. The first-order valence-electron chi connectivity index (χ1n) is 7.16. The van der Waals surface area contributed by atoms with Gasteiger partial charge in [0.2, 0.25) is 11.1 Å². The summed E-state index contributed by atoms with van der Waals surface area (Å²) < 4.78 is 1.60. The molecule has 0 unspecified atom stereocenters. The zero-order valence-electron chi connectivity index (χ0n) is 12.8. The number of amides is 1. The van der Waals surface area contributed by atoms with E-state index >= 15 is 0 Å².